The van der Waals surface area contributed by atoms with Gasteiger partial charge in [-0.25, -0.2) is 0 Å². The first-order chi connectivity index (χ1) is 11.1. The summed E-state index contributed by atoms with van der Waals surface area (Å²) in [5.41, 5.74) is 2.42. The summed E-state index contributed by atoms with van der Waals surface area (Å²) in [5, 5.41) is 4.82. The molecule has 1 aromatic heterocycles. The van der Waals surface area contributed by atoms with Crippen LogP contribution in [0.3, 0.4) is 0 Å². The Balaban J connectivity index is 1.85. The van der Waals surface area contributed by atoms with Gasteiger partial charge in [0.15, 0.2) is 0 Å². The maximum absolute atomic E-state index is 12.3. The molecule has 2 heterocycles. The number of nitrogens with zero attached hydrogens (tertiary/aromatic N) is 1. The summed E-state index contributed by atoms with van der Waals surface area (Å²) < 4.78 is 5.35. The highest BCUT2D eigenvalue weighted by atomic mass is 32.1. The van der Waals surface area contributed by atoms with E-state index in [1.807, 2.05) is 18.4 Å². The van der Waals surface area contributed by atoms with Gasteiger partial charge < -0.3 is 15.0 Å². The molecule has 0 unspecified atom stereocenters. The zero-order valence-electron chi connectivity index (χ0n) is 13.1. The highest BCUT2D eigenvalue weighted by Crippen LogP contribution is 2.34. The molecule has 1 saturated heterocycles. The van der Waals surface area contributed by atoms with Crippen molar-refractivity contribution in [3.63, 3.8) is 0 Å². The second kappa shape index (κ2) is 6.42. The number of amides is 2. The minimum absolute atomic E-state index is 0.0839. The third-order valence-electron chi connectivity index (χ3n) is 3.76. The van der Waals surface area contributed by atoms with E-state index in [0.29, 0.717) is 35.0 Å². The quantitative estimate of drug-likeness (QED) is 0.934. The number of benzene rings is 1. The van der Waals surface area contributed by atoms with Crippen molar-refractivity contribution in [2.24, 2.45) is 0 Å². The van der Waals surface area contributed by atoms with Gasteiger partial charge in [0, 0.05) is 18.7 Å². The molecule has 2 amide bonds. The minimum atomic E-state index is -0.146. The SMILES string of the molecule is COc1ccc(NC(=O)c2cc(C)cs2)cc1N1CCCC1=O. The molecule has 0 aliphatic carbocycles. The van der Waals surface area contributed by atoms with E-state index in [4.69, 9.17) is 4.74 Å². The summed E-state index contributed by atoms with van der Waals surface area (Å²) in [5.74, 6) is 0.567. The van der Waals surface area contributed by atoms with Crippen LogP contribution in [-0.2, 0) is 4.79 Å². The molecule has 6 heteroatoms. The molecule has 0 atom stereocenters. The van der Waals surface area contributed by atoms with Crippen molar-refractivity contribution in [3.05, 3.63) is 40.1 Å². The van der Waals surface area contributed by atoms with Crippen LogP contribution in [0.5, 0.6) is 5.75 Å². The molecule has 1 aromatic carbocycles. The Bertz CT molecular complexity index is 754. The van der Waals surface area contributed by atoms with E-state index in [1.165, 1.54) is 11.3 Å². The lowest BCUT2D eigenvalue weighted by Gasteiger charge is -2.20. The normalized spacial score (nSPS) is 14.2. The smallest absolute Gasteiger partial charge is 0.265 e. The van der Waals surface area contributed by atoms with Gasteiger partial charge in [-0.05, 0) is 48.6 Å². The maximum Gasteiger partial charge on any atom is 0.265 e. The predicted molar refractivity (Wildman–Crippen MR) is 91.6 cm³/mol. The van der Waals surface area contributed by atoms with E-state index in [0.717, 1.165) is 12.0 Å². The molecule has 1 fully saturated rings. The van der Waals surface area contributed by atoms with Crippen molar-refractivity contribution in [3.8, 4) is 5.75 Å². The van der Waals surface area contributed by atoms with E-state index in [2.05, 4.69) is 5.32 Å². The van der Waals surface area contributed by atoms with Crippen LogP contribution in [0.25, 0.3) is 0 Å². The molecule has 120 valence electrons. The highest BCUT2D eigenvalue weighted by Gasteiger charge is 2.25. The van der Waals surface area contributed by atoms with Crippen molar-refractivity contribution in [2.45, 2.75) is 19.8 Å². The van der Waals surface area contributed by atoms with E-state index in [-0.39, 0.29) is 11.8 Å². The topological polar surface area (TPSA) is 58.6 Å². The summed E-state index contributed by atoms with van der Waals surface area (Å²) in [6.07, 6.45) is 1.39. The fourth-order valence-corrected chi connectivity index (χ4v) is 3.42. The third-order valence-corrected chi connectivity index (χ3v) is 4.80. The number of aryl methyl sites for hydroxylation is 1. The third kappa shape index (κ3) is 3.22. The molecule has 5 nitrogen and oxygen atoms in total. The Hall–Kier alpha value is -2.34. The maximum atomic E-state index is 12.3. The number of carbonyl (C=O) groups excluding carboxylic acids is 2. The van der Waals surface area contributed by atoms with Crippen molar-refractivity contribution in [1.82, 2.24) is 0 Å². The molecule has 0 bridgehead atoms. The van der Waals surface area contributed by atoms with Gasteiger partial charge in [0.2, 0.25) is 5.91 Å². The number of ether oxygens (including phenoxy) is 1. The molecule has 0 saturated carbocycles. The second-order valence-corrected chi connectivity index (χ2v) is 6.39. The van der Waals surface area contributed by atoms with Gasteiger partial charge in [0.05, 0.1) is 17.7 Å². The van der Waals surface area contributed by atoms with Gasteiger partial charge in [-0.3, -0.25) is 9.59 Å². The van der Waals surface area contributed by atoms with Crippen LogP contribution in [0.1, 0.15) is 28.1 Å². The first-order valence-corrected chi connectivity index (χ1v) is 8.31. The van der Waals surface area contributed by atoms with Crippen molar-refractivity contribution < 1.29 is 14.3 Å². The number of methoxy groups -OCH3 is 1. The Morgan fingerprint density at radius 1 is 1.35 bits per heavy atom. The zero-order chi connectivity index (χ0) is 16.4. The van der Waals surface area contributed by atoms with Gasteiger partial charge in [0.1, 0.15) is 5.75 Å². The van der Waals surface area contributed by atoms with Gasteiger partial charge in [-0.15, -0.1) is 11.3 Å². The van der Waals surface area contributed by atoms with E-state index in [9.17, 15) is 9.59 Å². The first-order valence-electron chi connectivity index (χ1n) is 7.43. The fraction of sp³-hybridized carbons (Fsp3) is 0.294. The number of thiophene rings is 1. The van der Waals surface area contributed by atoms with Crippen LogP contribution < -0.4 is 15.0 Å². The van der Waals surface area contributed by atoms with Crippen molar-refractivity contribution in [1.29, 1.82) is 0 Å². The summed E-state index contributed by atoms with van der Waals surface area (Å²) >= 11 is 1.41. The molecule has 3 rings (SSSR count). The summed E-state index contributed by atoms with van der Waals surface area (Å²) in [4.78, 5) is 26.6. The molecular weight excluding hydrogens is 312 g/mol. The summed E-state index contributed by atoms with van der Waals surface area (Å²) in [7, 11) is 1.58. The van der Waals surface area contributed by atoms with Gasteiger partial charge in [-0.1, -0.05) is 0 Å². The summed E-state index contributed by atoms with van der Waals surface area (Å²) in [6.45, 7) is 2.63. The molecule has 2 aromatic rings. The molecular formula is C17H18N2O3S. The molecule has 1 aliphatic rings. The average molecular weight is 330 g/mol. The standard InChI is InChI=1S/C17H18N2O3S/c1-11-8-15(23-10-11)17(21)18-12-5-6-14(22-2)13(9-12)19-7-3-4-16(19)20/h5-6,8-10H,3-4,7H2,1-2H3,(H,18,21). The number of nitrogens with one attached hydrogen (secondary N) is 1. The largest absolute Gasteiger partial charge is 0.495 e. The Morgan fingerprint density at radius 3 is 2.78 bits per heavy atom. The van der Waals surface area contributed by atoms with Gasteiger partial charge in [-0.2, -0.15) is 0 Å². The van der Waals surface area contributed by atoms with Crippen LogP contribution in [0.4, 0.5) is 11.4 Å². The van der Waals surface area contributed by atoms with Crippen molar-refractivity contribution in [2.75, 3.05) is 23.9 Å². The number of hydrogen-bond donors (Lipinski definition) is 1. The number of carbonyl (C=O) groups is 2. The lowest BCUT2D eigenvalue weighted by atomic mass is 10.2. The fourth-order valence-electron chi connectivity index (χ4n) is 2.62. The monoisotopic (exact) mass is 330 g/mol. The Kier molecular flexibility index (Phi) is 4.34. The molecule has 1 N–H and O–H groups in total. The van der Waals surface area contributed by atoms with E-state index >= 15 is 0 Å². The Labute approximate surface area is 138 Å². The van der Waals surface area contributed by atoms with Crippen LogP contribution in [-0.4, -0.2) is 25.5 Å². The van der Waals surface area contributed by atoms with Crippen LogP contribution in [0, 0.1) is 6.92 Å². The number of hydrogen-bond acceptors (Lipinski definition) is 4. The first kappa shape index (κ1) is 15.6. The van der Waals surface area contributed by atoms with Crippen LogP contribution >= 0.6 is 11.3 Å². The predicted octanol–water partition coefficient (Wildman–Crippen LogP) is 3.44. The van der Waals surface area contributed by atoms with Gasteiger partial charge >= 0.3 is 0 Å². The molecule has 0 spiro atoms. The number of anilines is 2. The Morgan fingerprint density at radius 2 is 2.17 bits per heavy atom. The lowest BCUT2D eigenvalue weighted by Crippen LogP contribution is -2.24. The van der Waals surface area contributed by atoms with E-state index in [1.54, 1.807) is 30.2 Å². The second-order valence-electron chi connectivity index (χ2n) is 5.48. The lowest BCUT2D eigenvalue weighted by molar-refractivity contribution is -0.117. The minimum Gasteiger partial charge on any atom is -0.495 e. The average Bonchev–Trinajstić information content (AvgIpc) is 3.15. The van der Waals surface area contributed by atoms with E-state index < -0.39 is 0 Å². The van der Waals surface area contributed by atoms with Crippen LogP contribution in [0.2, 0.25) is 0 Å². The molecule has 23 heavy (non-hydrogen) atoms. The van der Waals surface area contributed by atoms with Gasteiger partial charge in [0.25, 0.3) is 5.91 Å². The zero-order valence-corrected chi connectivity index (χ0v) is 13.9. The highest BCUT2D eigenvalue weighted by molar-refractivity contribution is 7.12. The molecule has 0 radical (unpaired) electrons. The number of rotatable bonds is 4. The van der Waals surface area contributed by atoms with Crippen LogP contribution in [0.15, 0.2) is 29.6 Å². The van der Waals surface area contributed by atoms with Crippen molar-refractivity contribution >= 4 is 34.5 Å². The molecule has 1 aliphatic heterocycles. The summed E-state index contributed by atoms with van der Waals surface area (Å²) in [6, 6.07) is 7.20.